The number of benzene rings is 1. The van der Waals surface area contributed by atoms with E-state index in [0.29, 0.717) is 17.2 Å². The Morgan fingerprint density at radius 3 is 2.43 bits per heavy atom. The summed E-state index contributed by atoms with van der Waals surface area (Å²) in [6.45, 7) is 3.72. The summed E-state index contributed by atoms with van der Waals surface area (Å²) in [7, 11) is 0. The van der Waals surface area contributed by atoms with Gasteiger partial charge in [0.2, 0.25) is 11.8 Å². The van der Waals surface area contributed by atoms with Crippen molar-refractivity contribution in [3.05, 3.63) is 58.8 Å². The number of hydrogen-bond donors (Lipinski definition) is 1. The Kier molecular flexibility index (Phi) is 4.88. The van der Waals surface area contributed by atoms with Gasteiger partial charge in [-0.3, -0.25) is 4.79 Å². The lowest BCUT2D eigenvalue weighted by molar-refractivity contribution is -0.137. The third kappa shape index (κ3) is 4.70. The van der Waals surface area contributed by atoms with Crippen LogP contribution in [0.15, 0.2) is 34.8 Å². The number of nitrogens with zero attached hydrogens (tertiary/aromatic N) is 1. The molecule has 1 aromatic carbocycles. The molecule has 122 valence electrons. The molecule has 7 heteroatoms. The van der Waals surface area contributed by atoms with Gasteiger partial charge in [-0.25, -0.2) is 4.98 Å². The Bertz CT molecular complexity index is 696. The molecule has 0 aliphatic heterocycles. The summed E-state index contributed by atoms with van der Waals surface area (Å²) in [5.41, 5.74) is 0.527. The van der Waals surface area contributed by atoms with Crippen molar-refractivity contribution in [3.8, 4) is 0 Å². The summed E-state index contributed by atoms with van der Waals surface area (Å²) in [5.74, 6) is 0.698. The van der Waals surface area contributed by atoms with E-state index in [1.54, 1.807) is 13.8 Å². The molecule has 0 atom stereocenters. The molecular weight excluding hydrogens is 309 g/mol. The van der Waals surface area contributed by atoms with Crippen molar-refractivity contribution < 1.29 is 22.4 Å². The summed E-state index contributed by atoms with van der Waals surface area (Å²) >= 11 is 0. The molecule has 0 aliphatic carbocycles. The highest BCUT2D eigenvalue weighted by atomic mass is 19.4. The molecule has 0 saturated carbocycles. The van der Waals surface area contributed by atoms with E-state index in [4.69, 9.17) is 4.42 Å². The molecule has 0 spiro atoms. The van der Waals surface area contributed by atoms with Crippen molar-refractivity contribution in [2.24, 2.45) is 0 Å². The van der Waals surface area contributed by atoms with E-state index in [0.717, 1.165) is 17.8 Å². The number of oxazole rings is 1. The first-order valence-corrected chi connectivity index (χ1v) is 6.82. The Balaban J connectivity index is 1.90. The fourth-order valence-electron chi connectivity index (χ4n) is 1.79. The molecular formula is C16H15F3N2O2. The lowest BCUT2D eigenvalue weighted by Gasteiger charge is -2.05. The van der Waals surface area contributed by atoms with Crippen molar-refractivity contribution in [2.45, 2.75) is 26.6 Å². The first-order chi connectivity index (χ1) is 10.8. The number of aromatic nitrogens is 1. The van der Waals surface area contributed by atoms with Crippen LogP contribution in [0.4, 0.5) is 13.2 Å². The summed E-state index contributed by atoms with van der Waals surface area (Å²) in [5, 5.41) is 2.58. The number of nitrogens with one attached hydrogen (secondary N) is 1. The lowest BCUT2D eigenvalue weighted by atomic mass is 10.1. The number of carbonyl (C=O) groups excluding carboxylic acids is 1. The maximum Gasteiger partial charge on any atom is 0.416 e. The van der Waals surface area contributed by atoms with Crippen LogP contribution in [0.5, 0.6) is 0 Å². The van der Waals surface area contributed by atoms with Gasteiger partial charge in [0.05, 0.1) is 17.8 Å². The molecule has 1 amide bonds. The predicted octanol–water partition coefficient (Wildman–Crippen LogP) is 3.64. The molecule has 0 saturated heterocycles. The SMILES string of the molecule is Cc1nc(CNC(=O)/C=C/c2ccc(C(F)(F)F)cc2)oc1C. The minimum absolute atomic E-state index is 0.144. The molecule has 0 radical (unpaired) electrons. The Hall–Kier alpha value is -2.57. The number of hydrogen-bond acceptors (Lipinski definition) is 3. The van der Waals surface area contributed by atoms with Gasteiger partial charge in [-0.2, -0.15) is 13.2 Å². The van der Waals surface area contributed by atoms with Gasteiger partial charge >= 0.3 is 6.18 Å². The van der Waals surface area contributed by atoms with Crippen LogP contribution in [0, 0.1) is 13.8 Å². The minimum Gasteiger partial charge on any atom is -0.444 e. The van der Waals surface area contributed by atoms with Crippen LogP contribution in [0.25, 0.3) is 6.08 Å². The van der Waals surface area contributed by atoms with Crippen molar-refractivity contribution in [2.75, 3.05) is 0 Å². The van der Waals surface area contributed by atoms with E-state index in [1.165, 1.54) is 24.3 Å². The fraction of sp³-hybridized carbons (Fsp3) is 0.250. The van der Waals surface area contributed by atoms with Crippen molar-refractivity contribution in [1.82, 2.24) is 10.3 Å². The predicted molar refractivity (Wildman–Crippen MR) is 78.3 cm³/mol. The van der Waals surface area contributed by atoms with Crippen molar-refractivity contribution >= 4 is 12.0 Å². The molecule has 2 aromatic rings. The molecule has 1 N–H and O–H groups in total. The fourth-order valence-corrected chi connectivity index (χ4v) is 1.79. The minimum atomic E-state index is -4.37. The largest absolute Gasteiger partial charge is 0.444 e. The zero-order valence-corrected chi connectivity index (χ0v) is 12.6. The van der Waals surface area contributed by atoms with Gasteiger partial charge < -0.3 is 9.73 Å². The average molecular weight is 324 g/mol. The van der Waals surface area contributed by atoms with Crippen LogP contribution in [0.3, 0.4) is 0 Å². The second kappa shape index (κ2) is 6.68. The number of carbonyl (C=O) groups is 1. The van der Waals surface area contributed by atoms with E-state index in [-0.39, 0.29) is 6.54 Å². The van der Waals surface area contributed by atoms with E-state index < -0.39 is 17.6 Å². The zero-order chi connectivity index (χ0) is 17.0. The van der Waals surface area contributed by atoms with Crippen LogP contribution in [-0.2, 0) is 17.5 Å². The number of rotatable bonds is 4. The first-order valence-electron chi connectivity index (χ1n) is 6.82. The van der Waals surface area contributed by atoms with Crippen LogP contribution in [-0.4, -0.2) is 10.9 Å². The van der Waals surface area contributed by atoms with Gasteiger partial charge in [-0.15, -0.1) is 0 Å². The summed E-state index contributed by atoms with van der Waals surface area (Å²) < 4.78 is 42.6. The van der Waals surface area contributed by atoms with Gasteiger partial charge in [-0.1, -0.05) is 12.1 Å². The highest BCUT2D eigenvalue weighted by Gasteiger charge is 2.29. The summed E-state index contributed by atoms with van der Waals surface area (Å²) in [6.07, 6.45) is -1.70. The van der Waals surface area contributed by atoms with Crippen LogP contribution in [0.2, 0.25) is 0 Å². The average Bonchev–Trinajstić information content (AvgIpc) is 2.81. The molecule has 1 heterocycles. The normalized spacial score (nSPS) is 11.9. The standard InChI is InChI=1S/C16H15F3N2O2/c1-10-11(2)23-15(21-10)9-20-14(22)8-5-12-3-6-13(7-4-12)16(17,18)19/h3-8H,9H2,1-2H3,(H,20,22)/b8-5+. The smallest absolute Gasteiger partial charge is 0.416 e. The zero-order valence-electron chi connectivity index (χ0n) is 12.6. The third-order valence-corrected chi connectivity index (χ3v) is 3.15. The van der Waals surface area contributed by atoms with Gasteiger partial charge in [-0.05, 0) is 37.6 Å². The first kappa shape index (κ1) is 16.8. The van der Waals surface area contributed by atoms with E-state index in [9.17, 15) is 18.0 Å². The molecule has 0 aliphatic rings. The maximum absolute atomic E-state index is 12.4. The molecule has 1 aromatic heterocycles. The van der Waals surface area contributed by atoms with Gasteiger partial charge in [0, 0.05) is 6.08 Å². The van der Waals surface area contributed by atoms with Gasteiger partial charge in [0.1, 0.15) is 5.76 Å². The quantitative estimate of drug-likeness (QED) is 0.874. The van der Waals surface area contributed by atoms with Crippen LogP contribution >= 0.6 is 0 Å². The molecule has 0 bridgehead atoms. The second-order valence-corrected chi connectivity index (χ2v) is 4.92. The molecule has 2 rings (SSSR count). The molecule has 0 fully saturated rings. The monoisotopic (exact) mass is 324 g/mol. The van der Waals surface area contributed by atoms with Crippen LogP contribution < -0.4 is 5.32 Å². The highest BCUT2D eigenvalue weighted by molar-refractivity contribution is 5.91. The Labute approximate surface area is 131 Å². The summed E-state index contributed by atoms with van der Waals surface area (Å²) in [4.78, 5) is 15.8. The Morgan fingerprint density at radius 1 is 1.26 bits per heavy atom. The maximum atomic E-state index is 12.4. The van der Waals surface area contributed by atoms with E-state index in [1.807, 2.05) is 0 Å². The second-order valence-electron chi connectivity index (χ2n) is 4.92. The number of alkyl halides is 3. The topological polar surface area (TPSA) is 55.1 Å². The van der Waals surface area contributed by atoms with Crippen molar-refractivity contribution in [3.63, 3.8) is 0 Å². The third-order valence-electron chi connectivity index (χ3n) is 3.15. The van der Waals surface area contributed by atoms with E-state index in [2.05, 4.69) is 10.3 Å². The number of halogens is 3. The van der Waals surface area contributed by atoms with Crippen molar-refractivity contribution in [1.29, 1.82) is 0 Å². The number of aryl methyl sites for hydroxylation is 2. The molecule has 4 nitrogen and oxygen atoms in total. The van der Waals surface area contributed by atoms with E-state index >= 15 is 0 Å². The lowest BCUT2D eigenvalue weighted by Crippen LogP contribution is -2.20. The summed E-state index contributed by atoms with van der Waals surface area (Å²) in [6, 6.07) is 4.53. The highest BCUT2D eigenvalue weighted by Crippen LogP contribution is 2.29. The van der Waals surface area contributed by atoms with Gasteiger partial charge in [0.25, 0.3) is 0 Å². The Morgan fingerprint density at radius 2 is 1.91 bits per heavy atom. The number of amides is 1. The van der Waals surface area contributed by atoms with Gasteiger partial charge in [0.15, 0.2) is 0 Å². The molecule has 23 heavy (non-hydrogen) atoms. The van der Waals surface area contributed by atoms with Crippen LogP contribution in [0.1, 0.15) is 28.5 Å². The molecule has 0 unspecified atom stereocenters.